The summed E-state index contributed by atoms with van der Waals surface area (Å²) in [4.78, 5) is 0. The standard InChI is InChI=1S/C27H38O.C27H36.C4H10O.CH2Cl2.BF3.HI.H2/c28-27(26-21-15-14-20-25(26)24-18-12-11-13-19-24)22-16-9-7-5-3-1-2-4-6-8-10-17-23-27;1-2-4-6-8-10-16-22-27(21-15-9-7-5-3-1)25-19-13-11-17-23(25)24-18-12-14-20-26(24)27;1-3-5-4-2;2-1-3;2-1(3)4;;/h11-15,18-21,28H,1-10,16-17,22-23H2;11-14,17-20H,1-10,15-16,21-22H2;3-4H2,1-2H3;1H2;;2*1H. The van der Waals surface area contributed by atoms with E-state index < -0.39 is 13.1 Å². The Labute approximate surface area is 441 Å². The van der Waals surface area contributed by atoms with Gasteiger partial charge in [0, 0.05) is 20.1 Å². The Balaban J connectivity index is 0.000000547. The molecule has 1 spiro atoms. The number of aliphatic hydroxyl groups is 1. The molecule has 0 atom stereocenters. The molecule has 2 saturated carbocycles. The van der Waals surface area contributed by atoms with Crippen LogP contribution < -0.4 is 0 Å². The maximum Gasteiger partial charge on any atom is 0.762 e. The van der Waals surface area contributed by atoms with Gasteiger partial charge in [-0.05, 0) is 78.5 Å². The third-order valence-corrected chi connectivity index (χ3v) is 14.0. The van der Waals surface area contributed by atoms with Crippen molar-refractivity contribution in [2.45, 2.75) is 205 Å². The van der Waals surface area contributed by atoms with E-state index in [-0.39, 0.29) is 36.2 Å². The third kappa shape index (κ3) is 23.0. The van der Waals surface area contributed by atoms with Crippen LogP contribution in [-0.4, -0.2) is 31.2 Å². The highest BCUT2D eigenvalue weighted by atomic mass is 127. The molecule has 0 saturated heterocycles. The van der Waals surface area contributed by atoms with Gasteiger partial charge in [0.15, 0.2) is 0 Å². The van der Waals surface area contributed by atoms with Gasteiger partial charge in [-0.25, -0.2) is 0 Å². The number of alkyl halides is 2. The molecule has 7 rings (SSSR count). The van der Waals surface area contributed by atoms with Crippen LogP contribution in [0.4, 0.5) is 12.9 Å². The van der Waals surface area contributed by atoms with Crippen LogP contribution in [0.15, 0.2) is 103 Å². The number of hydrogen-bond acceptors (Lipinski definition) is 2. The van der Waals surface area contributed by atoms with Gasteiger partial charge < -0.3 is 9.84 Å². The Morgan fingerprint density at radius 1 is 0.441 bits per heavy atom. The van der Waals surface area contributed by atoms with E-state index in [1.165, 1.54) is 176 Å². The Morgan fingerprint density at radius 3 is 1.03 bits per heavy atom. The zero-order chi connectivity index (χ0) is 48.3. The monoisotopic (exact) mass is 1090 g/mol. The Morgan fingerprint density at radius 2 is 0.706 bits per heavy atom. The van der Waals surface area contributed by atoms with Crippen molar-refractivity contribution < 1.29 is 24.2 Å². The number of benzene rings is 4. The fraction of sp³-hybridized carbons (Fsp3) is 0.593. The number of ether oxygens (including phenoxy) is 1. The minimum absolute atomic E-state index is 0. The molecule has 0 aromatic heterocycles. The maximum atomic E-state index is 11.9. The molecular formula is C59H89BCl2F3IO2. The summed E-state index contributed by atoms with van der Waals surface area (Å²) in [5.41, 5.74) is 9.36. The summed E-state index contributed by atoms with van der Waals surface area (Å²) in [5, 5.41) is 12.0. The van der Waals surface area contributed by atoms with Gasteiger partial charge in [0.2, 0.25) is 0 Å². The first-order valence-corrected chi connectivity index (χ1v) is 27.5. The van der Waals surface area contributed by atoms with Crippen molar-refractivity contribution in [2.75, 3.05) is 18.6 Å². The van der Waals surface area contributed by atoms with Gasteiger partial charge in [-0.15, -0.1) is 47.2 Å². The van der Waals surface area contributed by atoms with Crippen molar-refractivity contribution in [1.29, 1.82) is 0 Å². The van der Waals surface area contributed by atoms with Gasteiger partial charge in [-0.2, -0.15) is 0 Å². The quantitative estimate of drug-likeness (QED) is 0.125. The Kier molecular flexibility index (Phi) is 35.3. The smallest absolute Gasteiger partial charge is 0.385 e. The lowest BCUT2D eigenvalue weighted by Crippen LogP contribution is -2.26. The first kappa shape index (κ1) is 62.1. The van der Waals surface area contributed by atoms with E-state index in [2.05, 4.69) is 103 Å². The second-order valence-corrected chi connectivity index (χ2v) is 19.5. The molecule has 2 fully saturated rings. The van der Waals surface area contributed by atoms with E-state index in [1.54, 1.807) is 11.1 Å². The Bertz CT molecular complexity index is 1740. The lowest BCUT2D eigenvalue weighted by atomic mass is 9.70. The highest BCUT2D eigenvalue weighted by Crippen LogP contribution is 2.54. The van der Waals surface area contributed by atoms with E-state index >= 15 is 0 Å². The molecule has 3 aliphatic rings. The van der Waals surface area contributed by atoms with Crippen LogP contribution in [0.1, 0.15) is 212 Å². The van der Waals surface area contributed by atoms with Crippen LogP contribution in [0, 0.1) is 0 Å². The second kappa shape index (κ2) is 38.6. The first-order chi connectivity index (χ1) is 32.8. The van der Waals surface area contributed by atoms with Crippen molar-refractivity contribution in [2.24, 2.45) is 0 Å². The third-order valence-electron chi connectivity index (χ3n) is 14.0. The molecule has 4 aromatic rings. The van der Waals surface area contributed by atoms with Crippen molar-refractivity contribution in [3.05, 3.63) is 120 Å². The second-order valence-electron chi connectivity index (χ2n) is 18.7. The van der Waals surface area contributed by atoms with Crippen LogP contribution >= 0.6 is 47.2 Å². The van der Waals surface area contributed by atoms with E-state index in [9.17, 15) is 18.1 Å². The van der Waals surface area contributed by atoms with Crippen molar-refractivity contribution in [1.82, 2.24) is 0 Å². The summed E-state index contributed by atoms with van der Waals surface area (Å²) in [7, 11) is -3.67. The largest absolute Gasteiger partial charge is 0.762 e. The average molecular weight is 1100 g/mol. The molecule has 0 amide bonds. The lowest BCUT2D eigenvalue weighted by Gasteiger charge is -2.33. The van der Waals surface area contributed by atoms with Gasteiger partial charge in [-0.1, -0.05) is 257 Å². The van der Waals surface area contributed by atoms with Gasteiger partial charge in [-0.3, -0.25) is 12.9 Å². The van der Waals surface area contributed by atoms with E-state index in [0.29, 0.717) is 0 Å². The predicted molar refractivity (Wildman–Crippen MR) is 303 cm³/mol. The minimum atomic E-state index is -3.67. The summed E-state index contributed by atoms with van der Waals surface area (Å²) in [6.07, 6.45) is 37.3. The summed E-state index contributed by atoms with van der Waals surface area (Å²) < 4.78 is 33.8. The maximum absolute atomic E-state index is 11.9. The van der Waals surface area contributed by atoms with Crippen molar-refractivity contribution in [3.8, 4) is 22.3 Å². The van der Waals surface area contributed by atoms with E-state index in [1.807, 2.05) is 13.8 Å². The Hall–Kier alpha value is -2.04. The summed E-state index contributed by atoms with van der Waals surface area (Å²) in [6, 6.07) is 37.7. The summed E-state index contributed by atoms with van der Waals surface area (Å²) in [5.74, 6) is 0. The molecule has 4 aromatic carbocycles. The molecule has 3 aliphatic carbocycles. The molecule has 382 valence electrons. The molecule has 0 aliphatic heterocycles. The highest BCUT2D eigenvalue weighted by Gasteiger charge is 2.41. The fourth-order valence-electron chi connectivity index (χ4n) is 10.7. The fourth-order valence-corrected chi connectivity index (χ4v) is 10.7. The van der Waals surface area contributed by atoms with Crippen molar-refractivity contribution >= 4 is 54.7 Å². The van der Waals surface area contributed by atoms with Crippen LogP contribution in [-0.2, 0) is 15.8 Å². The predicted octanol–water partition coefficient (Wildman–Crippen LogP) is 20.7. The van der Waals surface area contributed by atoms with Gasteiger partial charge in [0.1, 0.15) is 0 Å². The lowest BCUT2D eigenvalue weighted by molar-refractivity contribution is 0.0138. The molecule has 1 N–H and O–H groups in total. The molecule has 0 unspecified atom stereocenters. The van der Waals surface area contributed by atoms with E-state index in [4.69, 9.17) is 27.9 Å². The van der Waals surface area contributed by atoms with Crippen molar-refractivity contribution in [3.63, 3.8) is 0 Å². The normalized spacial score (nSPS) is 17.9. The van der Waals surface area contributed by atoms with Crippen LogP contribution in [0.5, 0.6) is 0 Å². The molecular weight excluding hydrogens is 1010 g/mol. The van der Waals surface area contributed by atoms with Gasteiger partial charge >= 0.3 is 7.54 Å². The van der Waals surface area contributed by atoms with Crippen LogP contribution in [0.3, 0.4) is 0 Å². The minimum Gasteiger partial charge on any atom is -0.385 e. The van der Waals surface area contributed by atoms with Crippen LogP contribution in [0.2, 0.25) is 0 Å². The number of rotatable bonds is 4. The van der Waals surface area contributed by atoms with Crippen LogP contribution in [0.25, 0.3) is 22.3 Å². The highest BCUT2D eigenvalue weighted by molar-refractivity contribution is 14.0. The van der Waals surface area contributed by atoms with E-state index in [0.717, 1.165) is 44.5 Å². The average Bonchev–Trinajstić information content (AvgIpc) is 3.60. The number of fused-ring (bicyclic) bond motifs is 5. The SMILES string of the molecule is CCOCC.ClCCl.FB(F)F.I.OC1(c2ccccc2-c2ccccc2)CCCCCCCCCCCCCC1.[HH].c1ccc2c(c1)-c1ccccc1C21CCCCCCCCCCCCCC1. The molecule has 0 heterocycles. The summed E-state index contributed by atoms with van der Waals surface area (Å²) in [6.45, 7) is 5.67. The molecule has 2 nitrogen and oxygen atoms in total. The van der Waals surface area contributed by atoms with Gasteiger partial charge in [0.25, 0.3) is 0 Å². The molecule has 0 bridgehead atoms. The molecule has 0 radical (unpaired) electrons. The topological polar surface area (TPSA) is 29.5 Å². The van der Waals surface area contributed by atoms with Gasteiger partial charge in [0.05, 0.1) is 10.9 Å². The zero-order valence-corrected chi connectivity index (χ0v) is 45.8. The summed E-state index contributed by atoms with van der Waals surface area (Å²) >= 11 is 9.53. The molecule has 68 heavy (non-hydrogen) atoms. The number of hydrogen-bond donors (Lipinski definition) is 1. The zero-order valence-electron chi connectivity index (χ0n) is 42.0. The number of halogens is 6. The molecule has 9 heteroatoms. The first-order valence-electron chi connectivity index (χ1n) is 26.5.